The number of halogens is 6. The van der Waals surface area contributed by atoms with Gasteiger partial charge in [0, 0.05) is 53.5 Å². The molecule has 0 radical (unpaired) electrons. The lowest BCUT2D eigenvalue weighted by molar-refractivity contribution is 0.338. The van der Waals surface area contributed by atoms with Crippen molar-refractivity contribution in [2.24, 2.45) is 5.92 Å². The Kier molecular flexibility index (Phi) is 11.2. The Morgan fingerprint density at radius 2 is 1.19 bits per heavy atom. The molecule has 4 nitrogen and oxygen atoms in total. The van der Waals surface area contributed by atoms with E-state index in [4.69, 9.17) is 56.4 Å². The third-order valence-electron chi connectivity index (χ3n) is 10.1. The third-order valence-corrected chi connectivity index (χ3v) is 12.0. The van der Waals surface area contributed by atoms with Gasteiger partial charge in [-0.05, 0) is 180 Å². The van der Waals surface area contributed by atoms with Gasteiger partial charge >= 0.3 is 0 Å². The summed E-state index contributed by atoms with van der Waals surface area (Å²) in [5, 5.41) is 9.85. The van der Waals surface area contributed by atoms with E-state index >= 15 is 0 Å². The molecule has 4 aromatic rings. The molecule has 4 heterocycles. The lowest BCUT2D eigenvalue weighted by Gasteiger charge is -2.32. The molecule has 2 aliphatic heterocycles. The molecular weight excluding hydrogens is 814 g/mol. The quantitative estimate of drug-likeness (QED) is 0.200. The van der Waals surface area contributed by atoms with E-state index in [1.54, 1.807) is 0 Å². The zero-order valence-corrected chi connectivity index (χ0v) is 32.6. The molecular formula is C38H36Br2Cl4N4. The van der Waals surface area contributed by atoms with E-state index in [2.05, 4.69) is 66.8 Å². The predicted octanol–water partition coefficient (Wildman–Crippen LogP) is 10.8. The van der Waals surface area contributed by atoms with Crippen molar-refractivity contribution in [2.45, 2.75) is 57.3 Å². The maximum absolute atomic E-state index is 6.69. The average molecular weight is 850 g/mol. The van der Waals surface area contributed by atoms with Crippen molar-refractivity contribution in [3.8, 4) is 0 Å². The number of rotatable bonds is 1. The molecule has 0 spiro atoms. The molecule has 48 heavy (non-hydrogen) atoms. The van der Waals surface area contributed by atoms with Crippen LogP contribution in [0.1, 0.15) is 76.4 Å². The number of aromatic nitrogens is 2. The molecule has 4 aliphatic rings. The normalized spacial score (nSPS) is 19.2. The van der Waals surface area contributed by atoms with Gasteiger partial charge in [0.05, 0.1) is 16.4 Å². The van der Waals surface area contributed by atoms with Crippen LogP contribution in [0.4, 0.5) is 0 Å². The number of benzene rings is 2. The number of piperidine rings is 2. The summed E-state index contributed by atoms with van der Waals surface area (Å²) in [6, 6.07) is 12.3. The highest BCUT2D eigenvalue weighted by atomic mass is 79.9. The molecule has 2 saturated heterocycles. The second kappa shape index (κ2) is 15.4. The van der Waals surface area contributed by atoms with Crippen LogP contribution in [-0.2, 0) is 25.7 Å². The molecule has 1 atom stereocenters. The molecule has 250 valence electrons. The maximum atomic E-state index is 6.69. The minimum absolute atomic E-state index is 0.262. The highest BCUT2D eigenvalue weighted by Gasteiger charge is 2.34. The molecule has 8 rings (SSSR count). The topological polar surface area (TPSA) is 49.8 Å². The van der Waals surface area contributed by atoms with Crippen LogP contribution < -0.4 is 10.6 Å². The van der Waals surface area contributed by atoms with Gasteiger partial charge in [-0.15, -0.1) is 0 Å². The van der Waals surface area contributed by atoms with E-state index in [0.29, 0.717) is 10.9 Å². The molecule has 2 N–H and O–H groups in total. The van der Waals surface area contributed by atoms with E-state index in [1.165, 1.54) is 44.7 Å². The number of fused-ring (bicyclic) bond motifs is 4. The standard InChI is InChI=1S/C19H19BrCl2N2.C19H17BrCl2N2/c2*20-14-7-13-2-1-12-8-15(21)9-16(22)17(12)18(19(13)24-10-14)11-3-5-23-6-4-11/h7-11,18,23H,1-6H2;7-10,23H,1-6H2. The van der Waals surface area contributed by atoms with E-state index in [0.717, 1.165) is 113 Å². The highest BCUT2D eigenvalue weighted by Crippen LogP contribution is 2.46. The van der Waals surface area contributed by atoms with Crippen LogP contribution in [0.15, 0.2) is 63.3 Å². The number of aryl methyl sites for hydroxylation is 4. The van der Waals surface area contributed by atoms with Crippen molar-refractivity contribution in [3.05, 3.63) is 128 Å². The van der Waals surface area contributed by atoms with Crippen molar-refractivity contribution in [1.29, 1.82) is 0 Å². The summed E-state index contributed by atoms with van der Waals surface area (Å²) < 4.78 is 2.06. The van der Waals surface area contributed by atoms with Crippen molar-refractivity contribution in [3.63, 3.8) is 0 Å². The molecule has 1 unspecified atom stereocenters. The van der Waals surface area contributed by atoms with Crippen LogP contribution in [0, 0.1) is 5.92 Å². The van der Waals surface area contributed by atoms with Gasteiger partial charge in [0.25, 0.3) is 0 Å². The van der Waals surface area contributed by atoms with Crippen molar-refractivity contribution < 1.29 is 0 Å². The number of nitrogens with one attached hydrogen (secondary N) is 2. The smallest absolute Gasteiger partial charge is 0.0741 e. The fourth-order valence-electron chi connectivity index (χ4n) is 7.92. The van der Waals surface area contributed by atoms with Gasteiger partial charge < -0.3 is 10.6 Å². The molecule has 0 amide bonds. The van der Waals surface area contributed by atoms with Crippen LogP contribution in [0.5, 0.6) is 0 Å². The second-order valence-electron chi connectivity index (χ2n) is 13.0. The Balaban J connectivity index is 0.000000152. The second-order valence-corrected chi connectivity index (χ2v) is 16.6. The summed E-state index contributed by atoms with van der Waals surface area (Å²) in [5.74, 6) is 0.826. The summed E-state index contributed by atoms with van der Waals surface area (Å²) in [4.78, 5) is 9.62. The van der Waals surface area contributed by atoms with E-state index in [-0.39, 0.29) is 5.92 Å². The number of hydrogen-bond donors (Lipinski definition) is 2. The summed E-state index contributed by atoms with van der Waals surface area (Å²) in [6.45, 7) is 4.14. The van der Waals surface area contributed by atoms with E-state index < -0.39 is 0 Å². The number of hydrogen-bond acceptors (Lipinski definition) is 4. The first-order valence-corrected chi connectivity index (χ1v) is 19.7. The highest BCUT2D eigenvalue weighted by molar-refractivity contribution is 9.10. The minimum atomic E-state index is 0.262. The Labute approximate surface area is 319 Å². The average Bonchev–Trinajstić information content (AvgIpc) is 3.34. The van der Waals surface area contributed by atoms with Gasteiger partial charge in [0.15, 0.2) is 0 Å². The SMILES string of the molecule is Clc1cc(Cl)c2c(c1)CCc1cc(Br)cnc1C2=C1CCNCC1.Clc1cc(Cl)c2c(c1)CCc1cc(Br)cnc1C2C1CCNCC1. The Morgan fingerprint density at radius 3 is 1.94 bits per heavy atom. The maximum Gasteiger partial charge on any atom is 0.0741 e. The molecule has 2 aromatic heterocycles. The number of pyridine rings is 2. The van der Waals surface area contributed by atoms with Crippen LogP contribution in [0.3, 0.4) is 0 Å². The molecule has 0 saturated carbocycles. The monoisotopic (exact) mass is 846 g/mol. The van der Waals surface area contributed by atoms with E-state index in [9.17, 15) is 0 Å². The summed E-state index contributed by atoms with van der Waals surface area (Å²) in [6.07, 6.45) is 12.0. The van der Waals surface area contributed by atoms with Crippen molar-refractivity contribution in [1.82, 2.24) is 20.6 Å². The van der Waals surface area contributed by atoms with Gasteiger partial charge in [0.1, 0.15) is 0 Å². The molecule has 10 heteroatoms. The summed E-state index contributed by atoms with van der Waals surface area (Å²) in [5.41, 5.74) is 12.4. The van der Waals surface area contributed by atoms with Crippen LogP contribution in [0.2, 0.25) is 20.1 Å². The van der Waals surface area contributed by atoms with Crippen LogP contribution >= 0.6 is 78.3 Å². The Hall–Kier alpha value is -1.48. The number of nitrogens with zero attached hydrogens (tertiary/aromatic N) is 2. The third kappa shape index (κ3) is 7.43. The largest absolute Gasteiger partial charge is 0.317 e. The molecule has 2 aromatic carbocycles. The first-order chi connectivity index (χ1) is 23.3. The fraction of sp³-hybridized carbons (Fsp3) is 0.368. The summed E-state index contributed by atoms with van der Waals surface area (Å²) in [7, 11) is 0. The molecule has 0 bridgehead atoms. The van der Waals surface area contributed by atoms with Gasteiger partial charge in [0.2, 0.25) is 0 Å². The van der Waals surface area contributed by atoms with Crippen molar-refractivity contribution in [2.75, 3.05) is 26.2 Å². The zero-order valence-electron chi connectivity index (χ0n) is 26.4. The zero-order chi connectivity index (χ0) is 33.4. The molecule has 2 aliphatic carbocycles. The minimum Gasteiger partial charge on any atom is -0.317 e. The lowest BCUT2D eigenvalue weighted by atomic mass is 9.77. The first kappa shape index (κ1) is 34.9. The fourth-order valence-corrected chi connectivity index (χ4v) is 9.96. The first-order valence-electron chi connectivity index (χ1n) is 16.7. The van der Waals surface area contributed by atoms with Crippen molar-refractivity contribution >= 4 is 83.8 Å². The van der Waals surface area contributed by atoms with Crippen LogP contribution in [-0.4, -0.2) is 36.1 Å². The summed E-state index contributed by atoms with van der Waals surface area (Å²) >= 11 is 33.0. The van der Waals surface area contributed by atoms with Crippen LogP contribution in [0.25, 0.3) is 5.57 Å². The van der Waals surface area contributed by atoms with E-state index in [1.807, 2.05) is 24.5 Å². The van der Waals surface area contributed by atoms with Gasteiger partial charge in [-0.25, -0.2) is 0 Å². The predicted molar refractivity (Wildman–Crippen MR) is 207 cm³/mol. The Morgan fingerprint density at radius 1 is 0.604 bits per heavy atom. The lowest BCUT2D eigenvalue weighted by Crippen LogP contribution is -2.32. The molecule has 2 fully saturated rings. The van der Waals surface area contributed by atoms with Gasteiger partial charge in [-0.2, -0.15) is 0 Å². The van der Waals surface area contributed by atoms with Gasteiger partial charge in [-0.1, -0.05) is 52.0 Å². The Bertz CT molecular complexity index is 1880. The van der Waals surface area contributed by atoms with Gasteiger partial charge in [-0.3, -0.25) is 9.97 Å².